The molecule has 2 aromatic rings. The van der Waals surface area contributed by atoms with Gasteiger partial charge in [0, 0.05) is 12.5 Å². The van der Waals surface area contributed by atoms with Crippen LogP contribution in [-0.4, -0.2) is 44.2 Å². The Balaban J connectivity index is 1.64. The molecule has 0 fully saturated rings. The standard InChI is InChI=1S/C20H23NO7/c22-11-5-6-12-26-19-9-3-4-10-20(19)28-16-14-25-13-15-27-18-8-2-1-7-17(18)21(23)24/h1-4,7-11H,5-6,12-16H2. The van der Waals surface area contributed by atoms with E-state index >= 15 is 0 Å². The zero-order valence-corrected chi connectivity index (χ0v) is 15.5. The molecule has 0 aliphatic carbocycles. The molecule has 2 rings (SSSR count). The molecule has 0 saturated carbocycles. The largest absolute Gasteiger partial charge is 0.490 e. The number of nitro groups is 1. The van der Waals surface area contributed by atoms with Gasteiger partial charge in [0.1, 0.15) is 19.5 Å². The second-order valence-corrected chi connectivity index (χ2v) is 5.64. The maximum absolute atomic E-state index is 10.9. The average molecular weight is 389 g/mol. The minimum Gasteiger partial charge on any atom is -0.490 e. The Morgan fingerprint density at radius 1 is 0.786 bits per heavy atom. The van der Waals surface area contributed by atoms with Gasteiger partial charge in [0.2, 0.25) is 0 Å². The van der Waals surface area contributed by atoms with Gasteiger partial charge in [0.05, 0.1) is 24.7 Å². The van der Waals surface area contributed by atoms with Crippen LogP contribution in [-0.2, 0) is 9.53 Å². The normalized spacial score (nSPS) is 10.3. The van der Waals surface area contributed by atoms with Crippen LogP contribution in [0.4, 0.5) is 5.69 Å². The van der Waals surface area contributed by atoms with Crippen molar-refractivity contribution in [1.29, 1.82) is 0 Å². The molecule has 0 heterocycles. The number of hydrogen-bond donors (Lipinski definition) is 0. The lowest BCUT2D eigenvalue weighted by Crippen LogP contribution is -2.13. The molecule has 0 bridgehead atoms. The van der Waals surface area contributed by atoms with Crippen LogP contribution in [0.5, 0.6) is 17.2 Å². The molecule has 0 aliphatic rings. The molecule has 0 aromatic heterocycles. The van der Waals surface area contributed by atoms with Crippen molar-refractivity contribution in [3.8, 4) is 17.2 Å². The lowest BCUT2D eigenvalue weighted by molar-refractivity contribution is -0.385. The zero-order chi connectivity index (χ0) is 20.0. The van der Waals surface area contributed by atoms with Crippen molar-refractivity contribution in [3.63, 3.8) is 0 Å². The molecule has 8 nitrogen and oxygen atoms in total. The summed E-state index contributed by atoms with van der Waals surface area (Å²) in [4.78, 5) is 20.8. The Morgan fingerprint density at radius 3 is 1.93 bits per heavy atom. The molecule has 28 heavy (non-hydrogen) atoms. The van der Waals surface area contributed by atoms with Gasteiger partial charge in [-0.2, -0.15) is 0 Å². The third kappa shape index (κ3) is 7.24. The van der Waals surface area contributed by atoms with E-state index in [4.69, 9.17) is 18.9 Å². The Hall–Kier alpha value is -3.13. The topological polar surface area (TPSA) is 97.1 Å². The number of benzene rings is 2. The minimum atomic E-state index is -0.484. The molecule has 150 valence electrons. The van der Waals surface area contributed by atoms with Crippen LogP contribution < -0.4 is 14.2 Å². The highest BCUT2D eigenvalue weighted by Gasteiger charge is 2.13. The van der Waals surface area contributed by atoms with Crippen molar-refractivity contribution in [2.24, 2.45) is 0 Å². The van der Waals surface area contributed by atoms with Crippen molar-refractivity contribution in [1.82, 2.24) is 0 Å². The van der Waals surface area contributed by atoms with E-state index in [1.807, 2.05) is 12.1 Å². The monoisotopic (exact) mass is 389 g/mol. The Labute approximate surface area is 163 Å². The number of unbranched alkanes of at least 4 members (excludes halogenated alkanes) is 1. The summed E-state index contributed by atoms with van der Waals surface area (Å²) in [5.74, 6) is 1.44. The summed E-state index contributed by atoms with van der Waals surface area (Å²) in [6, 6.07) is 13.5. The summed E-state index contributed by atoms with van der Waals surface area (Å²) in [5.41, 5.74) is -0.0735. The van der Waals surface area contributed by atoms with E-state index in [1.165, 1.54) is 6.07 Å². The highest BCUT2D eigenvalue weighted by atomic mass is 16.6. The van der Waals surface area contributed by atoms with E-state index in [9.17, 15) is 14.9 Å². The van der Waals surface area contributed by atoms with Crippen LogP contribution in [0.3, 0.4) is 0 Å². The van der Waals surface area contributed by atoms with Crippen LogP contribution in [0.15, 0.2) is 48.5 Å². The average Bonchev–Trinajstić information content (AvgIpc) is 2.71. The predicted octanol–water partition coefficient (Wildman–Crippen LogP) is 3.43. The first-order chi connectivity index (χ1) is 13.7. The maximum atomic E-state index is 10.9. The minimum absolute atomic E-state index is 0.0735. The Bertz CT molecular complexity index is 751. The highest BCUT2D eigenvalue weighted by molar-refractivity contribution is 5.49. The summed E-state index contributed by atoms with van der Waals surface area (Å²) < 4.78 is 22.1. The molecule has 0 amide bonds. The van der Waals surface area contributed by atoms with Crippen LogP contribution in [0.2, 0.25) is 0 Å². The number of nitrogens with zero attached hydrogens (tertiary/aromatic N) is 1. The smallest absolute Gasteiger partial charge is 0.310 e. The number of carbonyl (C=O) groups is 1. The number of carbonyl (C=O) groups excluding carboxylic acids is 1. The van der Waals surface area contributed by atoms with Gasteiger partial charge in [-0.3, -0.25) is 10.1 Å². The molecule has 0 unspecified atom stereocenters. The first kappa shape index (κ1) is 21.2. The molecule has 0 saturated heterocycles. The molecule has 0 radical (unpaired) electrons. The van der Waals surface area contributed by atoms with Gasteiger partial charge < -0.3 is 23.7 Å². The first-order valence-corrected chi connectivity index (χ1v) is 8.94. The quantitative estimate of drug-likeness (QED) is 0.211. The van der Waals surface area contributed by atoms with Crippen molar-refractivity contribution < 1.29 is 28.7 Å². The molecular weight excluding hydrogens is 366 g/mol. The molecule has 2 aromatic carbocycles. The van der Waals surface area contributed by atoms with E-state index in [0.717, 1.165) is 6.29 Å². The molecule has 0 aliphatic heterocycles. The van der Waals surface area contributed by atoms with Gasteiger partial charge in [-0.05, 0) is 24.6 Å². The number of rotatable bonds is 14. The van der Waals surface area contributed by atoms with Crippen LogP contribution >= 0.6 is 0 Å². The zero-order valence-electron chi connectivity index (χ0n) is 15.5. The van der Waals surface area contributed by atoms with Gasteiger partial charge in [0.15, 0.2) is 17.2 Å². The van der Waals surface area contributed by atoms with E-state index in [2.05, 4.69) is 0 Å². The van der Waals surface area contributed by atoms with Gasteiger partial charge in [0.25, 0.3) is 0 Å². The first-order valence-electron chi connectivity index (χ1n) is 8.94. The van der Waals surface area contributed by atoms with Crippen LogP contribution in [0.1, 0.15) is 12.8 Å². The third-order valence-corrected chi connectivity index (χ3v) is 3.61. The Kier molecular flexibility index (Phi) is 9.30. The molecule has 8 heteroatoms. The van der Waals surface area contributed by atoms with E-state index in [-0.39, 0.29) is 24.7 Å². The fraction of sp³-hybridized carbons (Fsp3) is 0.350. The summed E-state index contributed by atoms with van der Waals surface area (Å²) in [6.07, 6.45) is 1.98. The maximum Gasteiger partial charge on any atom is 0.310 e. The van der Waals surface area contributed by atoms with E-state index in [1.54, 1.807) is 30.3 Å². The van der Waals surface area contributed by atoms with E-state index in [0.29, 0.717) is 44.2 Å². The van der Waals surface area contributed by atoms with Crippen molar-refractivity contribution in [2.45, 2.75) is 12.8 Å². The summed E-state index contributed by atoms with van der Waals surface area (Å²) >= 11 is 0. The number of para-hydroxylation sites is 4. The fourth-order valence-electron chi connectivity index (χ4n) is 2.29. The SMILES string of the molecule is O=CCCCOc1ccccc1OCCOCCOc1ccccc1[N+](=O)[O-]. The summed E-state index contributed by atoms with van der Waals surface area (Å²) in [7, 11) is 0. The number of hydrogen-bond acceptors (Lipinski definition) is 7. The summed E-state index contributed by atoms with van der Waals surface area (Å²) in [5, 5.41) is 10.9. The van der Waals surface area contributed by atoms with Crippen molar-refractivity contribution >= 4 is 12.0 Å². The third-order valence-electron chi connectivity index (χ3n) is 3.61. The highest BCUT2D eigenvalue weighted by Crippen LogP contribution is 2.27. The predicted molar refractivity (Wildman–Crippen MR) is 102 cm³/mol. The number of ether oxygens (including phenoxy) is 4. The fourth-order valence-corrected chi connectivity index (χ4v) is 2.29. The van der Waals surface area contributed by atoms with Gasteiger partial charge in [-0.25, -0.2) is 0 Å². The Morgan fingerprint density at radius 2 is 1.32 bits per heavy atom. The number of aldehydes is 1. The molecule has 0 atom stereocenters. The lowest BCUT2D eigenvalue weighted by atomic mass is 10.3. The van der Waals surface area contributed by atoms with Gasteiger partial charge in [-0.1, -0.05) is 24.3 Å². The second kappa shape index (κ2) is 12.3. The van der Waals surface area contributed by atoms with Crippen molar-refractivity contribution in [3.05, 3.63) is 58.6 Å². The lowest BCUT2D eigenvalue weighted by Gasteiger charge is -2.12. The molecular formula is C20H23NO7. The molecule has 0 spiro atoms. The van der Waals surface area contributed by atoms with E-state index < -0.39 is 4.92 Å². The summed E-state index contributed by atoms with van der Waals surface area (Å²) in [6.45, 7) is 1.57. The molecule has 0 N–H and O–H groups in total. The van der Waals surface area contributed by atoms with Crippen molar-refractivity contribution in [2.75, 3.05) is 33.0 Å². The van der Waals surface area contributed by atoms with Gasteiger partial charge in [-0.15, -0.1) is 0 Å². The van der Waals surface area contributed by atoms with Crippen LogP contribution in [0.25, 0.3) is 0 Å². The number of nitro benzene ring substituents is 1. The van der Waals surface area contributed by atoms with Crippen LogP contribution in [0, 0.1) is 10.1 Å². The van der Waals surface area contributed by atoms with Gasteiger partial charge >= 0.3 is 5.69 Å². The second-order valence-electron chi connectivity index (χ2n) is 5.64.